The van der Waals surface area contributed by atoms with Crippen LogP contribution in [0, 0.1) is 0 Å². The number of nitrogens with zero attached hydrogens (tertiary/aromatic N) is 3. The lowest BCUT2D eigenvalue weighted by atomic mass is 9.94. The number of ether oxygens (including phenoxy) is 1. The highest BCUT2D eigenvalue weighted by Gasteiger charge is 2.36. The Morgan fingerprint density at radius 2 is 1.59 bits per heavy atom. The van der Waals surface area contributed by atoms with E-state index in [2.05, 4.69) is 10.2 Å². The van der Waals surface area contributed by atoms with Gasteiger partial charge in [0.25, 0.3) is 5.91 Å². The van der Waals surface area contributed by atoms with E-state index in [4.69, 9.17) is 9.72 Å². The SMILES string of the molecule is COC(=O)C(NC(=O)c1c(C[N+]2(O)CCN(C)CC2)c(-c2ccccc2)nc2ccccc12)c1ccccc1. The van der Waals surface area contributed by atoms with Gasteiger partial charge in [-0.15, -0.1) is 0 Å². The van der Waals surface area contributed by atoms with Crippen LogP contribution < -0.4 is 5.32 Å². The van der Waals surface area contributed by atoms with Gasteiger partial charge in [0.2, 0.25) is 0 Å². The molecule has 0 bridgehead atoms. The van der Waals surface area contributed by atoms with E-state index in [-0.39, 0.29) is 11.2 Å². The molecular formula is C31H33N4O4+. The number of amides is 1. The van der Waals surface area contributed by atoms with Crippen molar-refractivity contribution in [3.63, 3.8) is 0 Å². The standard InChI is InChI=1S/C31H32N4O4/c1-34-17-19-35(38,20-18-34)21-25-27(30(36)33-29(31(37)39-2)23-13-7-4-8-14-23)24-15-9-10-16-26(24)32-28(25)22-11-5-3-6-12-22/h3-16,29,38H,17-21H2,1-2H3/p+1. The first-order chi connectivity index (χ1) is 18.9. The Balaban J connectivity index is 1.68. The summed E-state index contributed by atoms with van der Waals surface area (Å²) in [6.07, 6.45) is 0. The normalized spacial score (nSPS) is 16.0. The first-order valence-electron chi connectivity index (χ1n) is 13.1. The lowest BCUT2D eigenvalue weighted by molar-refractivity contribution is -1.11. The summed E-state index contributed by atoms with van der Waals surface area (Å²) < 4.78 is 4.84. The number of hydrogen-bond acceptors (Lipinski definition) is 6. The molecular weight excluding hydrogens is 492 g/mol. The number of quaternary nitrogens is 1. The average Bonchev–Trinajstić information content (AvgIpc) is 2.97. The van der Waals surface area contributed by atoms with E-state index in [1.54, 1.807) is 12.1 Å². The number of likely N-dealkylation sites (N-methyl/N-ethyl adjacent to an activating group) is 1. The Kier molecular flexibility index (Phi) is 7.70. The number of para-hydroxylation sites is 1. The second-order valence-corrected chi connectivity index (χ2v) is 10.0. The van der Waals surface area contributed by atoms with Gasteiger partial charge in [0.05, 0.1) is 37.0 Å². The van der Waals surface area contributed by atoms with Gasteiger partial charge >= 0.3 is 5.97 Å². The summed E-state index contributed by atoms with van der Waals surface area (Å²) in [5.74, 6) is -0.997. The minimum Gasteiger partial charge on any atom is -0.467 e. The first-order valence-corrected chi connectivity index (χ1v) is 13.1. The van der Waals surface area contributed by atoms with Gasteiger partial charge in [-0.2, -0.15) is 4.65 Å². The van der Waals surface area contributed by atoms with Gasteiger partial charge < -0.3 is 10.1 Å². The largest absolute Gasteiger partial charge is 0.467 e. The minimum absolute atomic E-state index is 0.201. The van der Waals surface area contributed by atoms with Crippen molar-refractivity contribution >= 4 is 22.8 Å². The van der Waals surface area contributed by atoms with Gasteiger partial charge in [0.1, 0.15) is 19.6 Å². The molecule has 0 saturated carbocycles. The molecule has 0 radical (unpaired) electrons. The number of esters is 1. The van der Waals surface area contributed by atoms with Gasteiger partial charge in [-0.25, -0.2) is 15.0 Å². The van der Waals surface area contributed by atoms with Crippen LogP contribution in [0.1, 0.15) is 27.5 Å². The highest BCUT2D eigenvalue weighted by atomic mass is 16.5. The molecule has 5 rings (SSSR count). The number of hydroxylamine groups is 3. The predicted octanol–water partition coefficient (Wildman–Crippen LogP) is 4.20. The Hall–Kier alpha value is -4.11. The van der Waals surface area contributed by atoms with Crippen molar-refractivity contribution in [2.45, 2.75) is 12.6 Å². The fourth-order valence-corrected chi connectivity index (χ4v) is 5.13. The highest BCUT2D eigenvalue weighted by Crippen LogP contribution is 2.33. The van der Waals surface area contributed by atoms with Gasteiger partial charge in [0, 0.05) is 16.5 Å². The average molecular weight is 526 g/mol. The van der Waals surface area contributed by atoms with Crippen LogP contribution in [0.2, 0.25) is 0 Å². The summed E-state index contributed by atoms with van der Waals surface area (Å²) in [5.41, 5.74) is 3.80. The van der Waals surface area contributed by atoms with E-state index in [1.165, 1.54) is 7.11 Å². The lowest BCUT2D eigenvalue weighted by Crippen LogP contribution is -2.56. The number of rotatable bonds is 7. The van der Waals surface area contributed by atoms with Crippen LogP contribution in [0.25, 0.3) is 22.2 Å². The molecule has 3 aromatic carbocycles. The minimum atomic E-state index is -0.996. The monoisotopic (exact) mass is 525 g/mol. The number of aromatic nitrogens is 1. The predicted molar refractivity (Wildman–Crippen MR) is 149 cm³/mol. The smallest absolute Gasteiger partial charge is 0.333 e. The third-order valence-electron chi connectivity index (χ3n) is 7.36. The fourth-order valence-electron chi connectivity index (χ4n) is 5.13. The molecule has 2 N–H and O–H groups in total. The Bertz CT molecular complexity index is 1470. The molecule has 39 heavy (non-hydrogen) atoms. The second kappa shape index (κ2) is 11.3. The summed E-state index contributed by atoms with van der Waals surface area (Å²) in [4.78, 5) is 34.2. The lowest BCUT2D eigenvalue weighted by Gasteiger charge is -2.38. The van der Waals surface area contributed by atoms with E-state index >= 15 is 0 Å². The van der Waals surface area contributed by atoms with Crippen molar-refractivity contribution in [1.82, 2.24) is 15.2 Å². The summed E-state index contributed by atoms with van der Waals surface area (Å²) >= 11 is 0. The van der Waals surface area contributed by atoms with Gasteiger partial charge in [-0.3, -0.25) is 9.69 Å². The van der Waals surface area contributed by atoms with Crippen molar-refractivity contribution in [2.24, 2.45) is 0 Å². The maximum absolute atomic E-state index is 14.2. The molecule has 0 aliphatic carbocycles. The van der Waals surface area contributed by atoms with Crippen LogP contribution >= 0.6 is 0 Å². The molecule has 1 aliphatic heterocycles. The highest BCUT2D eigenvalue weighted by molar-refractivity contribution is 6.10. The molecule has 1 fully saturated rings. The molecule has 200 valence electrons. The molecule has 1 saturated heterocycles. The molecule has 4 aromatic rings. The van der Waals surface area contributed by atoms with Crippen LogP contribution in [-0.4, -0.2) is 72.0 Å². The van der Waals surface area contributed by atoms with Crippen LogP contribution in [0.5, 0.6) is 0 Å². The van der Waals surface area contributed by atoms with Crippen LogP contribution in [0.3, 0.4) is 0 Å². The van der Waals surface area contributed by atoms with E-state index in [0.717, 1.165) is 18.7 Å². The number of methoxy groups -OCH3 is 1. The van der Waals surface area contributed by atoms with E-state index < -0.39 is 17.9 Å². The Labute approximate surface area is 228 Å². The number of nitrogens with one attached hydrogen (secondary N) is 1. The number of carbonyl (C=O) groups is 2. The number of benzene rings is 3. The molecule has 1 aliphatic rings. The summed E-state index contributed by atoms with van der Waals surface area (Å²) in [7, 11) is 3.34. The molecule has 1 amide bonds. The maximum atomic E-state index is 14.2. The van der Waals surface area contributed by atoms with Crippen LogP contribution in [0.15, 0.2) is 84.9 Å². The zero-order valence-corrected chi connectivity index (χ0v) is 22.2. The molecule has 1 atom stereocenters. The summed E-state index contributed by atoms with van der Waals surface area (Å²) in [6.45, 7) is 2.71. The third kappa shape index (κ3) is 5.68. The number of carbonyl (C=O) groups excluding carboxylic acids is 2. The number of hydrogen-bond donors (Lipinski definition) is 2. The van der Waals surface area contributed by atoms with Gasteiger partial charge in [0.15, 0.2) is 6.04 Å². The molecule has 0 spiro atoms. The van der Waals surface area contributed by atoms with Gasteiger partial charge in [-0.05, 0) is 18.7 Å². The van der Waals surface area contributed by atoms with E-state index in [9.17, 15) is 14.8 Å². The van der Waals surface area contributed by atoms with Crippen molar-refractivity contribution in [3.05, 3.63) is 102 Å². The quantitative estimate of drug-likeness (QED) is 0.278. The van der Waals surface area contributed by atoms with Crippen molar-refractivity contribution in [3.8, 4) is 11.3 Å². The number of piperazine rings is 1. The molecule has 2 heterocycles. The number of fused-ring (bicyclic) bond motifs is 1. The zero-order chi connectivity index (χ0) is 27.4. The van der Waals surface area contributed by atoms with Crippen molar-refractivity contribution in [1.29, 1.82) is 0 Å². The zero-order valence-electron chi connectivity index (χ0n) is 22.2. The van der Waals surface area contributed by atoms with E-state index in [0.29, 0.717) is 46.4 Å². The summed E-state index contributed by atoms with van der Waals surface area (Å²) in [6, 6.07) is 25.2. The second-order valence-electron chi connectivity index (χ2n) is 10.0. The molecule has 8 nitrogen and oxygen atoms in total. The third-order valence-corrected chi connectivity index (χ3v) is 7.36. The summed E-state index contributed by atoms with van der Waals surface area (Å²) in [5, 5.41) is 15.2. The first kappa shape index (κ1) is 26.5. The number of pyridine rings is 1. The molecule has 8 heteroatoms. The maximum Gasteiger partial charge on any atom is 0.333 e. The van der Waals surface area contributed by atoms with Crippen molar-refractivity contribution in [2.75, 3.05) is 40.3 Å². The topological polar surface area (TPSA) is 91.8 Å². The van der Waals surface area contributed by atoms with Crippen LogP contribution in [-0.2, 0) is 16.1 Å². The Morgan fingerprint density at radius 1 is 0.974 bits per heavy atom. The molecule has 1 aromatic heterocycles. The van der Waals surface area contributed by atoms with Gasteiger partial charge in [-0.1, -0.05) is 78.9 Å². The Morgan fingerprint density at radius 3 is 2.26 bits per heavy atom. The van der Waals surface area contributed by atoms with Crippen LogP contribution in [0.4, 0.5) is 0 Å². The molecule has 1 unspecified atom stereocenters. The van der Waals surface area contributed by atoms with Crippen molar-refractivity contribution < 1.29 is 24.2 Å². The fraction of sp³-hybridized carbons (Fsp3) is 0.258. The van der Waals surface area contributed by atoms with E-state index in [1.807, 2.05) is 79.8 Å².